The van der Waals surface area contributed by atoms with Crippen LogP contribution in [0.2, 0.25) is 0 Å². The van der Waals surface area contributed by atoms with E-state index < -0.39 is 0 Å². The van der Waals surface area contributed by atoms with Crippen molar-refractivity contribution in [3.05, 3.63) is 35.9 Å². The molecule has 1 atom stereocenters. The molecule has 0 aromatic heterocycles. The van der Waals surface area contributed by atoms with Crippen LogP contribution in [-0.2, 0) is 0 Å². The third-order valence-corrected chi connectivity index (χ3v) is 3.35. The first-order valence-electron chi connectivity index (χ1n) is 6.21. The fraction of sp³-hybridized carbons (Fsp3) is 0.571. The molecule has 82 valence electrons. The summed E-state index contributed by atoms with van der Waals surface area (Å²) in [5.74, 6) is 0. The van der Waals surface area contributed by atoms with Crippen LogP contribution in [0.4, 0.5) is 0 Å². The van der Waals surface area contributed by atoms with Gasteiger partial charge in [-0.3, -0.25) is 4.90 Å². The van der Waals surface area contributed by atoms with Gasteiger partial charge in [-0.25, -0.2) is 0 Å². The number of unbranched alkanes of at least 4 members (excludes halogenated alkanes) is 1. The van der Waals surface area contributed by atoms with Crippen molar-refractivity contribution < 1.29 is 0 Å². The van der Waals surface area contributed by atoms with Crippen molar-refractivity contribution in [3.63, 3.8) is 0 Å². The molecule has 0 saturated carbocycles. The highest BCUT2D eigenvalue weighted by atomic mass is 15.2. The monoisotopic (exact) mass is 203 g/mol. The summed E-state index contributed by atoms with van der Waals surface area (Å²) in [5.41, 5.74) is 1.51. The topological polar surface area (TPSA) is 3.24 Å². The Morgan fingerprint density at radius 1 is 1.27 bits per heavy atom. The summed E-state index contributed by atoms with van der Waals surface area (Å²) in [6.07, 6.45) is 5.35. The highest BCUT2D eigenvalue weighted by Crippen LogP contribution is 2.31. The van der Waals surface area contributed by atoms with Crippen LogP contribution in [-0.4, -0.2) is 18.0 Å². The van der Waals surface area contributed by atoms with Gasteiger partial charge in [-0.2, -0.15) is 0 Å². The molecular formula is C14H21N. The number of hydrogen-bond donors (Lipinski definition) is 0. The lowest BCUT2D eigenvalue weighted by Crippen LogP contribution is -2.24. The summed E-state index contributed by atoms with van der Waals surface area (Å²) in [6.45, 7) is 4.84. The third-order valence-electron chi connectivity index (χ3n) is 3.35. The molecule has 0 aliphatic carbocycles. The number of benzene rings is 1. The molecule has 0 amide bonds. The van der Waals surface area contributed by atoms with Gasteiger partial charge in [-0.05, 0) is 37.9 Å². The zero-order valence-electron chi connectivity index (χ0n) is 9.65. The Bertz CT molecular complexity index is 281. The summed E-state index contributed by atoms with van der Waals surface area (Å²) in [5, 5.41) is 0. The van der Waals surface area contributed by atoms with E-state index in [1.165, 1.54) is 44.3 Å². The van der Waals surface area contributed by atoms with Gasteiger partial charge in [0.1, 0.15) is 0 Å². The molecule has 1 nitrogen and oxygen atoms in total. The molecule has 1 aliphatic heterocycles. The normalized spacial score (nSPS) is 22.1. The van der Waals surface area contributed by atoms with Crippen LogP contribution in [0.3, 0.4) is 0 Å². The molecule has 1 saturated heterocycles. The molecule has 2 rings (SSSR count). The van der Waals surface area contributed by atoms with Gasteiger partial charge in [0.05, 0.1) is 0 Å². The molecule has 1 fully saturated rings. The first kappa shape index (κ1) is 10.7. The summed E-state index contributed by atoms with van der Waals surface area (Å²) < 4.78 is 0. The number of rotatable bonds is 4. The molecule has 1 aromatic rings. The van der Waals surface area contributed by atoms with Crippen molar-refractivity contribution in [2.24, 2.45) is 0 Å². The third kappa shape index (κ3) is 2.60. The van der Waals surface area contributed by atoms with Gasteiger partial charge in [-0.1, -0.05) is 43.7 Å². The summed E-state index contributed by atoms with van der Waals surface area (Å²) >= 11 is 0. The molecule has 1 unspecified atom stereocenters. The van der Waals surface area contributed by atoms with Crippen LogP contribution >= 0.6 is 0 Å². The predicted molar refractivity (Wildman–Crippen MR) is 64.9 cm³/mol. The molecule has 1 heterocycles. The maximum Gasteiger partial charge on any atom is 0.0348 e. The summed E-state index contributed by atoms with van der Waals surface area (Å²) in [7, 11) is 0. The lowest BCUT2D eigenvalue weighted by Gasteiger charge is -2.24. The van der Waals surface area contributed by atoms with Crippen LogP contribution in [0.1, 0.15) is 44.2 Å². The maximum absolute atomic E-state index is 2.65. The van der Waals surface area contributed by atoms with Crippen molar-refractivity contribution >= 4 is 0 Å². The van der Waals surface area contributed by atoms with Crippen LogP contribution in [0.5, 0.6) is 0 Å². The molecule has 0 N–H and O–H groups in total. The van der Waals surface area contributed by atoms with E-state index >= 15 is 0 Å². The van der Waals surface area contributed by atoms with Gasteiger partial charge in [0.25, 0.3) is 0 Å². The summed E-state index contributed by atoms with van der Waals surface area (Å²) in [4.78, 5) is 2.65. The second kappa shape index (κ2) is 5.32. The van der Waals surface area contributed by atoms with E-state index in [1.807, 2.05) is 0 Å². The fourth-order valence-electron chi connectivity index (χ4n) is 2.51. The van der Waals surface area contributed by atoms with E-state index in [9.17, 15) is 0 Å². The van der Waals surface area contributed by atoms with E-state index in [1.54, 1.807) is 0 Å². The van der Waals surface area contributed by atoms with Gasteiger partial charge < -0.3 is 0 Å². The average molecular weight is 203 g/mol. The Morgan fingerprint density at radius 3 is 2.80 bits per heavy atom. The van der Waals surface area contributed by atoms with Crippen molar-refractivity contribution in [3.8, 4) is 0 Å². The Kier molecular flexibility index (Phi) is 3.79. The molecule has 1 heteroatoms. The lowest BCUT2D eigenvalue weighted by molar-refractivity contribution is 0.253. The smallest absolute Gasteiger partial charge is 0.0348 e. The largest absolute Gasteiger partial charge is 0.296 e. The zero-order valence-corrected chi connectivity index (χ0v) is 9.65. The molecule has 1 aromatic carbocycles. The first-order chi connectivity index (χ1) is 7.42. The van der Waals surface area contributed by atoms with E-state index in [0.29, 0.717) is 6.04 Å². The molecule has 15 heavy (non-hydrogen) atoms. The van der Waals surface area contributed by atoms with Crippen molar-refractivity contribution in [2.75, 3.05) is 13.1 Å². The molecule has 0 spiro atoms. The van der Waals surface area contributed by atoms with Gasteiger partial charge in [0.2, 0.25) is 0 Å². The van der Waals surface area contributed by atoms with Gasteiger partial charge >= 0.3 is 0 Å². The first-order valence-corrected chi connectivity index (χ1v) is 6.21. The Morgan fingerprint density at radius 2 is 2.07 bits per heavy atom. The van der Waals surface area contributed by atoms with E-state index in [2.05, 4.69) is 42.2 Å². The van der Waals surface area contributed by atoms with E-state index in [4.69, 9.17) is 0 Å². The minimum absolute atomic E-state index is 0.692. The quantitative estimate of drug-likeness (QED) is 0.722. The van der Waals surface area contributed by atoms with E-state index in [0.717, 1.165) is 0 Å². The molecule has 0 radical (unpaired) electrons. The second-order valence-electron chi connectivity index (χ2n) is 4.46. The van der Waals surface area contributed by atoms with E-state index in [-0.39, 0.29) is 0 Å². The van der Waals surface area contributed by atoms with Gasteiger partial charge in [0.15, 0.2) is 0 Å². The molecular weight excluding hydrogens is 182 g/mol. The lowest BCUT2D eigenvalue weighted by atomic mass is 10.0. The van der Waals surface area contributed by atoms with Crippen molar-refractivity contribution in [1.29, 1.82) is 0 Å². The fourth-order valence-corrected chi connectivity index (χ4v) is 2.51. The van der Waals surface area contributed by atoms with Gasteiger partial charge in [-0.15, -0.1) is 0 Å². The second-order valence-corrected chi connectivity index (χ2v) is 4.46. The highest BCUT2D eigenvalue weighted by molar-refractivity contribution is 5.19. The van der Waals surface area contributed by atoms with Crippen molar-refractivity contribution in [1.82, 2.24) is 4.90 Å². The van der Waals surface area contributed by atoms with Crippen molar-refractivity contribution in [2.45, 2.75) is 38.6 Å². The maximum atomic E-state index is 2.65. The van der Waals surface area contributed by atoms with Crippen LogP contribution < -0.4 is 0 Å². The van der Waals surface area contributed by atoms with Crippen LogP contribution in [0, 0.1) is 0 Å². The Labute approximate surface area is 93.1 Å². The molecule has 0 bridgehead atoms. The SMILES string of the molecule is CCCCN1CCCC1c1ccccc1. The highest BCUT2D eigenvalue weighted by Gasteiger charge is 2.24. The van der Waals surface area contributed by atoms with Crippen LogP contribution in [0.15, 0.2) is 30.3 Å². The number of hydrogen-bond acceptors (Lipinski definition) is 1. The summed E-state index contributed by atoms with van der Waals surface area (Å²) in [6, 6.07) is 11.7. The Balaban J connectivity index is 2.01. The minimum atomic E-state index is 0.692. The predicted octanol–water partition coefficient (Wildman–Crippen LogP) is 3.62. The standard InChI is InChI=1S/C14H21N/c1-2-3-11-15-12-7-10-14(15)13-8-5-4-6-9-13/h4-6,8-9,14H,2-3,7,10-12H2,1H3. The number of nitrogens with zero attached hydrogens (tertiary/aromatic N) is 1. The molecule has 1 aliphatic rings. The van der Waals surface area contributed by atoms with Crippen LogP contribution in [0.25, 0.3) is 0 Å². The Hall–Kier alpha value is -0.820. The average Bonchev–Trinajstić information content (AvgIpc) is 2.75. The minimum Gasteiger partial charge on any atom is -0.296 e. The number of likely N-dealkylation sites (tertiary alicyclic amines) is 1. The van der Waals surface area contributed by atoms with Gasteiger partial charge in [0, 0.05) is 6.04 Å². The zero-order chi connectivity index (χ0) is 10.5.